The van der Waals surface area contributed by atoms with Crippen molar-refractivity contribution in [2.75, 3.05) is 6.61 Å². The van der Waals surface area contributed by atoms with Crippen molar-refractivity contribution in [3.63, 3.8) is 0 Å². The molecule has 1 aromatic heterocycles. The molecular formula is C15H18ClNOS. The van der Waals surface area contributed by atoms with Gasteiger partial charge in [-0.2, -0.15) is 0 Å². The standard InChI is InChI=1S/C15H18ClNOS/c1-11(2)12-4-3-5-14(8-12)18-7-6-15-17-13(9-16)10-19-15/h3-5,8,10-11H,6-7,9H2,1-2H3. The molecule has 0 unspecified atom stereocenters. The Balaban J connectivity index is 1.86. The fourth-order valence-electron chi connectivity index (χ4n) is 1.74. The summed E-state index contributed by atoms with van der Waals surface area (Å²) in [6, 6.07) is 8.28. The van der Waals surface area contributed by atoms with Gasteiger partial charge in [-0.05, 0) is 23.6 Å². The highest BCUT2D eigenvalue weighted by molar-refractivity contribution is 7.09. The molecule has 2 aromatic rings. The van der Waals surface area contributed by atoms with Gasteiger partial charge in [-0.15, -0.1) is 22.9 Å². The third kappa shape index (κ3) is 4.22. The van der Waals surface area contributed by atoms with Crippen LogP contribution in [-0.4, -0.2) is 11.6 Å². The number of benzene rings is 1. The average molecular weight is 296 g/mol. The Morgan fingerprint density at radius 2 is 2.21 bits per heavy atom. The molecule has 0 aliphatic carbocycles. The molecule has 0 saturated carbocycles. The lowest BCUT2D eigenvalue weighted by Crippen LogP contribution is -2.01. The van der Waals surface area contributed by atoms with Crippen LogP contribution in [0.25, 0.3) is 0 Å². The molecule has 0 atom stereocenters. The van der Waals surface area contributed by atoms with Crippen LogP contribution in [0, 0.1) is 0 Å². The van der Waals surface area contributed by atoms with Crippen molar-refractivity contribution in [3.8, 4) is 5.75 Å². The van der Waals surface area contributed by atoms with Gasteiger partial charge in [-0.1, -0.05) is 26.0 Å². The van der Waals surface area contributed by atoms with Crippen LogP contribution in [0.1, 0.15) is 36.0 Å². The number of thiazole rings is 1. The van der Waals surface area contributed by atoms with Crippen LogP contribution >= 0.6 is 22.9 Å². The van der Waals surface area contributed by atoms with Crippen molar-refractivity contribution < 1.29 is 4.74 Å². The highest BCUT2D eigenvalue weighted by atomic mass is 35.5. The molecule has 0 N–H and O–H groups in total. The zero-order chi connectivity index (χ0) is 13.7. The van der Waals surface area contributed by atoms with Crippen molar-refractivity contribution in [3.05, 3.63) is 45.9 Å². The molecule has 2 rings (SSSR count). The summed E-state index contributed by atoms with van der Waals surface area (Å²) >= 11 is 7.37. The summed E-state index contributed by atoms with van der Waals surface area (Å²) in [6.45, 7) is 5.02. The fourth-order valence-corrected chi connectivity index (χ4v) is 2.75. The normalized spacial score (nSPS) is 10.9. The Morgan fingerprint density at radius 1 is 1.37 bits per heavy atom. The van der Waals surface area contributed by atoms with E-state index in [1.54, 1.807) is 11.3 Å². The number of rotatable bonds is 6. The van der Waals surface area contributed by atoms with Gasteiger partial charge in [-0.25, -0.2) is 4.98 Å². The van der Waals surface area contributed by atoms with Gasteiger partial charge in [0.25, 0.3) is 0 Å². The number of hydrogen-bond donors (Lipinski definition) is 0. The van der Waals surface area contributed by atoms with Crippen LogP contribution in [0.3, 0.4) is 0 Å². The van der Waals surface area contributed by atoms with Crippen LogP contribution in [0.5, 0.6) is 5.75 Å². The smallest absolute Gasteiger partial charge is 0.119 e. The maximum absolute atomic E-state index is 5.78. The second kappa shape index (κ2) is 6.92. The van der Waals surface area contributed by atoms with Crippen molar-refractivity contribution >= 4 is 22.9 Å². The van der Waals surface area contributed by atoms with Gasteiger partial charge in [-0.3, -0.25) is 0 Å². The molecule has 0 amide bonds. The molecule has 102 valence electrons. The number of hydrogen-bond acceptors (Lipinski definition) is 3. The molecule has 0 fully saturated rings. The van der Waals surface area contributed by atoms with E-state index in [4.69, 9.17) is 16.3 Å². The van der Waals surface area contributed by atoms with Crippen molar-refractivity contribution in [1.29, 1.82) is 0 Å². The number of nitrogens with zero attached hydrogens (tertiary/aromatic N) is 1. The summed E-state index contributed by atoms with van der Waals surface area (Å²) < 4.78 is 5.78. The van der Waals surface area contributed by atoms with E-state index in [-0.39, 0.29) is 0 Å². The zero-order valence-electron chi connectivity index (χ0n) is 11.2. The third-order valence-electron chi connectivity index (χ3n) is 2.85. The average Bonchev–Trinajstić information content (AvgIpc) is 2.87. The number of alkyl halides is 1. The number of aromatic nitrogens is 1. The molecule has 0 spiro atoms. The maximum atomic E-state index is 5.78. The lowest BCUT2D eigenvalue weighted by atomic mass is 10.0. The number of ether oxygens (including phenoxy) is 1. The van der Waals surface area contributed by atoms with Crippen LogP contribution in [0.2, 0.25) is 0 Å². The largest absolute Gasteiger partial charge is 0.493 e. The summed E-state index contributed by atoms with van der Waals surface area (Å²) in [6.07, 6.45) is 0.827. The lowest BCUT2D eigenvalue weighted by molar-refractivity contribution is 0.321. The van der Waals surface area contributed by atoms with Gasteiger partial charge in [0.2, 0.25) is 0 Å². The predicted octanol–water partition coefficient (Wildman–Crippen LogP) is 4.63. The lowest BCUT2D eigenvalue weighted by Gasteiger charge is -2.09. The Kier molecular flexibility index (Phi) is 5.23. The summed E-state index contributed by atoms with van der Waals surface area (Å²) in [5.74, 6) is 1.93. The maximum Gasteiger partial charge on any atom is 0.119 e. The predicted molar refractivity (Wildman–Crippen MR) is 81.4 cm³/mol. The van der Waals surface area contributed by atoms with Crippen molar-refractivity contribution in [2.45, 2.75) is 32.1 Å². The van der Waals surface area contributed by atoms with Crippen molar-refractivity contribution in [2.24, 2.45) is 0 Å². The monoisotopic (exact) mass is 295 g/mol. The first-order valence-electron chi connectivity index (χ1n) is 6.41. The number of halogens is 1. The second-order valence-electron chi connectivity index (χ2n) is 4.69. The minimum atomic E-state index is 0.480. The molecule has 0 bridgehead atoms. The van der Waals surface area contributed by atoms with E-state index in [2.05, 4.69) is 31.0 Å². The molecule has 2 nitrogen and oxygen atoms in total. The molecule has 1 heterocycles. The van der Waals surface area contributed by atoms with Gasteiger partial charge >= 0.3 is 0 Å². The molecule has 1 aromatic carbocycles. The Labute approximate surface area is 123 Å². The molecule has 4 heteroatoms. The Hall–Kier alpha value is -1.06. The molecule has 19 heavy (non-hydrogen) atoms. The van der Waals surface area contributed by atoms with Crippen LogP contribution < -0.4 is 4.74 Å². The van der Waals surface area contributed by atoms with Crippen molar-refractivity contribution in [1.82, 2.24) is 4.98 Å². The first kappa shape index (κ1) is 14.4. The Morgan fingerprint density at radius 3 is 2.89 bits per heavy atom. The van der Waals surface area contributed by atoms with E-state index >= 15 is 0 Å². The molecule has 0 saturated heterocycles. The van der Waals surface area contributed by atoms with E-state index in [0.29, 0.717) is 18.4 Å². The summed E-state index contributed by atoms with van der Waals surface area (Å²) in [5.41, 5.74) is 2.25. The SMILES string of the molecule is CC(C)c1cccc(OCCc2nc(CCl)cs2)c1. The van der Waals surface area contributed by atoms with E-state index in [0.717, 1.165) is 22.9 Å². The van der Waals surface area contributed by atoms with Gasteiger partial charge in [0.1, 0.15) is 5.75 Å². The van der Waals surface area contributed by atoms with E-state index in [9.17, 15) is 0 Å². The highest BCUT2D eigenvalue weighted by Crippen LogP contribution is 2.20. The fraction of sp³-hybridized carbons (Fsp3) is 0.400. The van der Waals surface area contributed by atoms with Gasteiger partial charge < -0.3 is 4.74 Å². The molecule has 0 aliphatic rings. The van der Waals surface area contributed by atoms with E-state index in [1.165, 1.54) is 5.56 Å². The van der Waals surface area contributed by atoms with Crippen LogP contribution in [0.4, 0.5) is 0 Å². The summed E-state index contributed by atoms with van der Waals surface area (Å²) in [4.78, 5) is 4.41. The first-order valence-corrected chi connectivity index (χ1v) is 7.82. The minimum Gasteiger partial charge on any atom is -0.493 e. The van der Waals surface area contributed by atoms with Gasteiger partial charge in [0, 0.05) is 11.8 Å². The van der Waals surface area contributed by atoms with E-state index in [1.807, 2.05) is 17.5 Å². The Bertz CT molecular complexity index is 524. The van der Waals surface area contributed by atoms with Crippen LogP contribution in [0.15, 0.2) is 29.6 Å². The molecule has 0 aliphatic heterocycles. The van der Waals surface area contributed by atoms with E-state index < -0.39 is 0 Å². The van der Waals surface area contributed by atoms with Gasteiger partial charge in [0.05, 0.1) is 23.2 Å². The topological polar surface area (TPSA) is 22.1 Å². The summed E-state index contributed by atoms with van der Waals surface area (Å²) in [5, 5.41) is 3.08. The second-order valence-corrected chi connectivity index (χ2v) is 5.90. The molecule has 0 radical (unpaired) electrons. The molecular weight excluding hydrogens is 278 g/mol. The summed E-state index contributed by atoms with van der Waals surface area (Å²) in [7, 11) is 0. The third-order valence-corrected chi connectivity index (χ3v) is 4.08. The zero-order valence-corrected chi connectivity index (χ0v) is 12.8. The quantitative estimate of drug-likeness (QED) is 0.725. The first-order chi connectivity index (χ1) is 9.19. The van der Waals surface area contributed by atoms with Crippen LogP contribution in [-0.2, 0) is 12.3 Å². The highest BCUT2D eigenvalue weighted by Gasteiger charge is 2.03. The van der Waals surface area contributed by atoms with Gasteiger partial charge in [0.15, 0.2) is 0 Å². The minimum absolute atomic E-state index is 0.480.